The third-order valence-electron chi connectivity index (χ3n) is 4.49. The largest absolute Gasteiger partial charge is 0.381 e. The highest BCUT2D eigenvalue weighted by molar-refractivity contribution is 5.76. The lowest BCUT2D eigenvalue weighted by Crippen LogP contribution is -2.48. The molecule has 116 valence electrons. The molecular weight excluding hydrogens is 254 g/mol. The molecule has 0 aliphatic carbocycles. The summed E-state index contributed by atoms with van der Waals surface area (Å²) in [5, 5.41) is 3.04. The van der Waals surface area contributed by atoms with E-state index in [1.54, 1.807) is 0 Å². The Kier molecular flexibility index (Phi) is 6.76. The predicted molar refractivity (Wildman–Crippen MR) is 79.4 cm³/mol. The van der Waals surface area contributed by atoms with Gasteiger partial charge in [-0.25, -0.2) is 0 Å². The number of ether oxygens (including phenoxy) is 1. The molecule has 1 amide bonds. The summed E-state index contributed by atoms with van der Waals surface area (Å²) in [5.74, 6) is 0.855. The molecule has 2 fully saturated rings. The molecule has 1 atom stereocenters. The highest BCUT2D eigenvalue weighted by Gasteiger charge is 2.26. The normalized spacial score (nSPS) is 25.6. The minimum atomic E-state index is 0.0871. The number of nitrogens with zero attached hydrogens (tertiary/aromatic N) is 1. The zero-order valence-corrected chi connectivity index (χ0v) is 12.5. The summed E-state index contributed by atoms with van der Waals surface area (Å²) in [4.78, 5) is 14.1. The second-order valence-electron chi connectivity index (χ2n) is 6.04. The van der Waals surface area contributed by atoms with Crippen LogP contribution in [0, 0.1) is 5.92 Å². The Morgan fingerprint density at radius 3 is 2.80 bits per heavy atom. The van der Waals surface area contributed by atoms with Crippen LogP contribution in [0.15, 0.2) is 0 Å². The molecule has 20 heavy (non-hydrogen) atoms. The smallest absolute Gasteiger partial charge is 0.221 e. The fourth-order valence-electron chi connectivity index (χ4n) is 3.24. The number of rotatable bonds is 6. The van der Waals surface area contributed by atoms with Crippen LogP contribution in [0.25, 0.3) is 0 Å². The van der Waals surface area contributed by atoms with Gasteiger partial charge in [0.15, 0.2) is 0 Å². The molecule has 3 N–H and O–H groups in total. The van der Waals surface area contributed by atoms with E-state index in [0.717, 1.165) is 25.7 Å². The van der Waals surface area contributed by atoms with Crippen molar-refractivity contribution < 1.29 is 9.53 Å². The van der Waals surface area contributed by atoms with E-state index in [1.165, 1.54) is 45.2 Å². The molecule has 2 saturated heterocycles. The summed E-state index contributed by atoms with van der Waals surface area (Å²) in [6.07, 6.45) is 6.57. The van der Waals surface area contributed by atoms with Crippen LogP contribution in [0.2, 0.25) is 0 Å². The van der Waals surface area contributed by atoms with Gasteiger partial charge in [0.25, 0.3) is 0 Å². The van der Waals surface area contributed by atoms with E-state index in [0.29, 0.717) is 19.0 Å². The van der Waals surface area contributed by atoms with Crippen molar-refractivity contribution in [2.75, 3.05) is 39.4 Å². The maximum atomic E-state index is 11.6. The fourth-order valence-corrected chi connectivity index (χ4v) is 3.24. The van der Waals surface area contributed by atoms with Gasteiger partial charge in [-0.05, 0) is 38.1 Å². The number of hydrogen-bond acceptors (Lipinski definition) is 4. The molecule has 0 aromatic heterocycles. The lowest BCUT2D eigenvalue weighted by Gasteiger charge is -2.38. The van der Waals surface area contributed by atoms with Gasteiger partial charge in [0.2, 0.25) is 5.91 Å². The minimum absolute atomic E-state index is 0.0871. The van der Waals surface area contributed by atoms with Crippen LogP contribution in [0.3, 0.4) is 0 Å². The maximum absolute atomic E-state index is 11.6. The Bertz CT molecular complexity index is 293. The predicted octanol–water partition coefficient (Wildman–Crippen LogP) is 0.733. The number of nitrogens with two attached hydrogens (primary N) is 1. The van der Waals surface area contributed by atoms with Crippen LogP contribution < -0.4 is 11.1 Å². The number of amides is 1. The van der Waals surface area contributed by atoms with Crippen LogP contribution in [0.1, 0.15) is 38.5 Å². The molecule has 0 bridgehead atoms. The third-order valence-corrected chi connectivity index (χ3v) is 4.49. The van der Waals surface area contributed by atoms with E-state index in [2.05, 4.69) is 10.2 Å². The standard InChI is InChI=1S/C15H29N3O2/c16-7-4-15(19)17-11-14-3-1-2-8-18(14)12-13-5-9-20-10-6-13/h13-14H,1-12,16H2,(H,17,19). The summed E-state index contributed by atoms with van der Waals surface area (Å²) in [5.41, 5.74) is 5.41. The number of piperidine rings is 1. The van der Waals surface area contributed by atoms with Crippen LogP contribution in [-0.4, -0.2) is 56.2 Å². The lowest BCUT2D eigenvalue weighted by molar-refractivity contribution is -0.121. The van der Waals surface area contributed by atoms with Crippen molar-refractivity contribution in [3.05, 3.63) is 0 Å². The Morgan fingerprint density at radius 1 is 1.25 bits per heavy atom. The highest BCUT2D eigenvalue weighted by Crippen LogP contribution is 2.22. The Morgan fingerprint density at radius 2 is 2.05 bits per heavy atom. The Hall–Kier alpha value is -0.650. The maximum Gasteiger partial charge on any atom is 0.221 e. The number of carbonyl (C=O) groups excluding carboxylic acids is 1. The summed E-state index contributed by atoms with van der Waals surface area (Å²) in [6.45, 7) is 5.38. The quantitative estimate of drug-likeness (QED) is 0.754. The first kappa shape index (κ1) is 15.7. The first-order valence-electron chi connectivity index (χ1n) is 8.08. The second-order valence-corrected chi connectivity index (χ2v) is 6.04. The van der Waals surface area contributed by atoms with E-state index in [4.69, 9.17) is 10.5 Å². The van der Waals surface area contributed by atoms with E-state index in [-0.39, 0.29) is 5.91 Å². The van der Waals surface area contributed by atoms with E-state index < -0.39 is 0 Å². The van der Waals surface area contributed by atoms with Crippen molar-refractivity contribution in [1.29, 1.82) is 0 Å². The Labute approximate surface area is 122 Å². The summed E-state index contributed by atoms with van der Waals surface area (Å²) >= 11 is 0. The first-order chi connectivity index (χ1) is 9.79. The molecule has 2 rings (SSSR count). The number of hydrogen-bond donors (Lipinski definition) is 2. The van der Waals surface area contributed by atoms with E-state index in [9.17, 15) is 4.79 Å². The van der Waals surface area contributed by atoms with Crippen molar-refractivity contribution in [2.24, 2.45) is 11.7 Å². The lowest BCUT2D eigenvalue weighted by atomic mass is 9.95. The van der Waals surface area contributed by atoms with Gasteiger partial charge < -0.3 is 15.8 Å². The molecule has 5 heteroatoms. The third kappa shape index (κ3) is 5.04. The van der Waals surface area contributed by atoms with Crippen molar-refractivity contribution in [1.82, 2.24) is 10.2 Å². The van der Waals surface area contributed by atoms with Crippen molar-refractivity contribution >= 4 is 5.91 Å². The molecule has 0 spiro atoms. The van der Waals surface area contributed by atoms with Crippen molar-refractivity contribution in [3.8, 4) is 0 Å². The molecule has 5 nitrogen and oxygen atoms in total. The van der Waals surface area contributed by atoms with Gasteiger partial charge in [0.05, 0.1) is 0 Å². The van der Waals surface area contributed by atoms with Crippen LogP contribution >= 0.6 is 0 Å². The van der Waals surface area contributed by atoms with Gasteiger partial charge in [0.1, 0.15) is 0 Å². The average Bonchev–Trinajstić information content (AvgIpc) is 2.48. The number of nitrogens with one attached hydrogen (secondary N) is 1. The van der Waals surface area contributed by atoms with Gasteiger partial charge >= 0.3 is 0 Å². The molecule has 0 saturated carbocycles. The topological polar surface area (TPSA) is 67.6 Å². The summed E-state index contributed by atoms with van der Waals surface area (Å²) in [7, 11) is 0. The first-order valence-corrected chi connectivity index (χ1v) is 8.08. The molecule has 0 aromatic rings. The van der Waals surface area contributed by atoms with E-state index >= 15 is 0 Å². The molecule has 2 aliphatic rings. The minimum Gasteiger partial charge on any atom is -0.381 e. The molecule has 2 aliphatic heterocycles. The Balaban J connectivity index is 1.76. The van der Waals surface area contributed by atoms with Crippen molar-refractivity contribution in [3.63, 3.8) is 0 Å². The van der Waals surface area contributed by atoms with Crippen LogP contribution in [0.5, 0.6) is 0 Å². The SMILES string of the molecule is NCCC(=O)NCC1CCCCN1CC1CCOCC1. The van der Waals surface area contributed by atoms with Gasteiger partial charge in [-0.15, -0.1) is 0 Å². The van der Waals surface area contributed by atoms with Gasteiger partial charge in [0, 0.05) is 45.3 Å². The average molecular weight is 283 g/mol. The summed E-state index contributed by atoms with van der Waals surface area (Å²) < 4.78 is 5.43. The number of carbonyl (C=O) groups is 1. The summed E-state index contributed by atoms with van der Waals surface area (Å²) in [6, 6.07) is 0.508. The molecular formula is C15H29N3O2. The molecule has 2 heterocycles. The second kappa shape index (κ2) is 8.60. The van der Waals surface area contributed by atoms with Gasteiger partial charge in [-0.2, -0.15) is 0 Å². The zero-order chi connectivity index (χ0) is 14.2. The fraction of sp³-hybridized carbons (Fsp3) is 0.933. The van der Waals surface area contributed by atoms with Crippen LogP contribution in [0.4, 0.5) is 0 Å². The highest BCUT2D eigenvalue weighted by atomic mass is 16.5. The van der Waals surface area contributed by atoms with Crippen LogP contribution in [-0.2, 0) is 9.53 Å². The van der Waals surface area contributed by atoms with Gasteiger partial charge in [-0.3, -0.25) is 9.69 Å². The van der Waals surface area contributed by atoms with E-state index in [1.807, 2.05) is 0 Å². The van der Waals surface area contributed by atoms with Gasteiger partial charge in [-0.1, -0.05) is 6.42 Å². The molecule has 0 aromatic carbocycles. The molecule has 0 radical (unpaired) electrons. The zero-order valence-electron chi connectivity index (χ0n) is 12.5. The molecule has 1 unspecified atom stereocenters. The monoisotopic (exact) mass is 283 g/mol. The number of likely N-dealkylation sites (tertiary alicyclic amines) is 1. The van der Waals surface area contributed by atoms with Crippen molar-refractivity contribution in [2.45, 2.75) is 44.6 Å².